The first kappa shape index (κ1) is 23.7. The molecule has 4 N–H and O–H groups in total. The average molecular weight is 444 g/mol. The molecule has 9 nitrogen and oxygen atoms in total. The second-order valence-electron chi connectivity index (χ2n) is 6.72. The van der Waals surface area contributed by atoms with Crippen molar-refractivity contribution >= 4 is 47.0 Å². The van der Waals surface area contributed by atoms with Gasteiger partial charge in [0.15, 0.2) is 5.01 Å². The molecule has 0 bridgehead atoms. The van der Waals surface area contributed by atoms with Gasteiger partial charge in [0.05, 0.1) is 12.6 Å². The molecule has 0 aliphatic rings. The van der Waals surface area contributed by atoms with E-state index in [1.54, 1.807) is 23.7 Å². The Morgan fingerprint density at radius 3 is 2.55 bits per heavy atom. The van der Waals surface area contributed by atoms with Crippen molar-refractivity contribution in [1.82, 2.24) is 25.9 Å². The van der Waals surface area contributed by atoms with Crippen LogP contribution in [0.2, 0.25) is 0 Å². The second kappa shape index (κ2) is 11.0. The number of carbonyl (C=O) groups is 4. The van der Waals surface area contributed by atoms with Gasteiger partial charge in [-0.25, -0.2) is 4.98 Å². The van der Waals surface area contributed by atoms with E-state index in [-0.39, 0.29) is 29.7 Å². The third-order valence-corrected chi connectivity index (χ3v) is 5.19. The number of hydrogen-bond donors (Lipinski definition) is 4. The molecule has 2 heterocycles. The van der Waals surface area contributed by atoms with E-state index in [2.05, 4.69) is 39.1 Å². The molecule has 2 unspecified atom stereocenters. The molecular formula is C21H25N5O4S. The van der Waals surface area contributed by atoms with Gasteiger partial charge in [-0.15, -0.1) is 11.3 Å². The standard InChI is InChI=1S/C21H25N5O4S/c1-5-15-14(10-23-16(15)6-2)9-17(19(29)21-22-7-8-31-21)26-18(28)11-24-20(30)12(3)25-13(4)27/h5-8,10,12,17,23H,1-2,9,11H2,3-4H3,(H,24,30)(H,25,27)(H,26,28). The Labute approximate surface area is 184 Å². The highest BCUT2D eigenvalue weighted by atomic mass is 32.1. The monoisotopic (exact) mass is 443 g/mol. The van der Waals surface area contributed by atoms with Gasteiger partial charge in [0.2, 0.25) is 23.5 Å². The summed E-state index contributed by atoms with van der Waals surface area (Å²) in [7, 11) is 0. The van der Waals surface area contributed by atoms with Crippen LogP contribution >= 0.6 is 11.3 Å². The number of nitrogens with zero attached hydrogens (tertiary/aromatic N) is 1. The van der Waals surface area contributed by atoms with E-state index in [1.807, 2.05) is 0 Å². The topological polar surface area (TPSA) is 133 Å². The Bertz CT molecular complexity index is 980. The Balaban J connectivity index is 2.11. The van der Waals surface area contributed by atoms with Crippen molar-refractivity contribution in [3.8, 4) is 0 Å². The SMILES string of the molecule is C=Cc1[nH]cc(CC(NC(=O)CNC(=O)C(C)NC(C)=O)C(=O)c2nccs2)c1C=C. The van der Waals surface area contributed by atoms with Gasteiger partial charge in [-0.2, -0.15) is 0 Å². The summed E-state index contributed by atoms with van der Waals surface area (Å²) in [5, 5.41) is 9.49. The van der Waals surface area contributed by atoms with Crippen molar-refractivity contribution in [3.63, 3.8) is 0 Å². The number of hydrogen-bond acceptors (Lipinski definition) is 6. The predicted molar refractivity (Wildman–Crippen MR) is 119 cm³/mol. The molecule has 2 rings (SSSR count). The lowest BCUT2D eigenvalue weighted by atomic mass is 10.00. The molecule has 2 aromatic heterocycles. The lowest BCUT2D eigenvalue weighted by Crippen LogP contribution is -2.50. The maximum Gasteiger partial charge on any atom is 0.242 e. The van der Waals surface area contributed by atoms with Crippen LogP contribution in [0.15, 0.2) is 30.9 Å². The summed E-state index contributed by atoms with van der Waals surface area (Å²) < 4.78 is 0. The summed E-state index contributed by atoms with van der Waals surface area (Å²) in [6.07, 6.45) is 6.74. The largest absolute Gasteiger partial charge is 0.361 e. The number of Topliss-reactive ketones (excluding diaryl/α,β-unsaturated/α-hetero) is 1. The first-order valence-corrected chi connectivity index (χ1v) is 10.4. The zero-order valence-corrected chi connectivity index (χ0v) is 18.2. The quantitative estimate of drug-likeness (QED) is 0.389. The van der Waals surface area contributed by atoms with Crippen molar-refractivity contribution in [2.75, 3.05) is 6.54 Å². The average Bonchev–Trinajstić information content (AvgIpc) is 3.40. The highest BCUT2D eigenvalue weighted by Gasteiger charge is 2.26. The van der Waals surface area contributed by atoms with Gasteiger partial charge < -0.3 is 20.9 Å². The third-order valence-electron chi connectivity index (χ3n) is 4.40. The fourth-order valence-corrected chi connectivity index (χ4v) is 3.56. The molecule has 0 aliphatic carbocycles. The van der Waals surface area contributed by atoms with Gasteiger partial charge in [-0.05, 0) is 18.6 Å². The zero-order valence-electron chi connectivity index (χ0n) is 17.4. The van der Waals surface area contributed by atoms with E-state index >= 15 is 0 Å². The van der Waals surface area contributed by atoms with Crippen LogP contribution in [0.1, 0.15) is 40.5 Å². The highest BCUT2D eigenvalue weighted by molar-refractivity contribution is 7.11. The lowest BCUT2D eigenvalue weighted by Gasteiger charge is -2.18. The number of aromatic nitrogens is 2. The first-order valence-electron chi connectivity index (χ1n) is 9.49. The molecule has 2 atom stereocenters. The normalized spacial score (nSPS) is 12.3. The Hall–Kier alpha value is -3.53. The molecule has 10 heteroatoms. The van der Waals surface area contributed by atoms with Crippen LogP contribution in [0.25, 0.3) is 12.2 Å². The number of aromatic amines is 1. The van der Waals surface area contributed by atoms with Gasteiger partial charge in [0.1, 0.15) is 6.04 Å². The summed E-state index contributed by atoms with van der Waals surface area (Å²) in [5.41, 5.74) is 2.33. The summed E-state index contributed by atoms with van der Waals surface area (Å²) in [5.74, 6) is -1.75. The fraction of sp³-hybridized carbons (Fsp3) is 0.286. The zero-order chi connectivity index (χ0) is 23.0. The predicted octanol–water partition coefficient (Wildman–Crippen LogP) is 1.31. The minimum atomic E-state index is -0.893. The molecular weight excluding hydrogens is 418 g/mol. The van der Waals surface area contributed by atoms with E-state index < -0.39 is 23.9 Å². The van der Waals surface area contributed by atoms with E-state index in [4.69, 9.17) is 0 Å². The minimum absolute atomic E-state index is 0.200. The molecule has 0 radical (unpaired) electrons. The first-order chi connectivity index (χ1) is 14.8. The smallest absolute Gasteiger partial charge is 0.242 e. The number of carbonyl (C=O) groups excluding carboxylic acids is 4. The van der Waals surface area contributed by atoms with E-state index in [1.165, 1.54) is 31.4 Å². The molecule has 31 heavy (non-hydrogen) atoms. The van der Waals surface area contributed by atoms with Crippen LogP contribution in [0.5, 0.6) is 0 Å². The molecule has 0 aromatic carbocycles. The van der Waals surface area contributed by atoms with Gasteiger partial charge in [0, 0.05) is 42.4 Å². The van der Waals surface area contributed by atoms with Crippen molar-refractivity contribution in [1.29, 1.82) is 0 Å². The highest BCUT2D eigenvalue weighted by Crippen LogP contribution is 2.20. The van der Waals surface area contributed by atoms with Crippen LogP contribution in [0, 0.1) is 0 Å². The van der Waals surface area contributed by atoms with Gasteiger partial charge in [0.25, 0.3) is 0 Å². The summed E-state index contributed by atoms with van der Waals surface area (Å²) in [6.45, 7) is 9.99. The van der Waals surface area contributed by atoms with Crippen LogP contribution in [0.3, 0.4) is 0 Å². The van der Waals surface area contributed by atoms with Gasteiger partial charge in [-0.3, -0.25) is 19.2 Å². The van der Waals surface area contributed by atoms with Gasteiger partial charge >= 0.3 is 0 Å². The maximum atomic E-state index is 12.9. The van der Waals surface area contributed by atoms with Crippen molar-refractivity contribution in [2.24, 2.45) is 0 Å². The van der Waals surface area contributed by atoms with E-state index in [9.17, 15) is 19.2 Å². The molecule has 164 valence electrons. The van der Waals surface area contributed by atoms with Crippen LogP contribution < -0.4 is 16.0 Å². The lowest BCUT2D eigenvalue weighted by molar-refractivity contribution is -0.129. The number of amides is 3. The van der Waals surface area contributed by atoms with Gasteiger partial charge in [-0.1, -0.05) is 19.2 Å². The number of H-pyrrole nitrogens is 1. The van der Waals surface area contributed by atoms with Crippen LogP contribution in [0.4, 0.5) is 0 Å². The summed E-state index contributed by atoms with van der Waals surface area (Å²) in [6, 6.07) is -1.68. The number of thiazole rings is 1. The second-order valence-corrected chi connectivity index (χ2v) is 7.61. The molecule has 0 aliphatic heterocycles. The summed E-state index contributed by atoms with van der Waals surface area (Å²) >= 11 is 1.18. The maximum absolute atomic E-state index is 12.9. The Morgan fingerprint density at radius 2 is 1.97 bits per heavy atom. The van der Waals surface area contributed by atoms with E-state index in [0.29, 0.717) is 0 Å². The molecule has 3 amide bonds. The van der Waals surface area contributed by atoms with Crippen molar-refractivity contribution in [3.05, 3.63) is 52.8 Å². The number of nitrogens with one attached hydrogen (secondary N) is 4. The molecule has 0 spiro atoms. The Kier molecular flexibility index (Phi) is 8.44. The molecule has 0 fully saturated rings. The number of rotatable bonds is 11. The minimum Gasteiger partial charge on any atom is -0.361 e. The van der Waals surface area contributed by atoms with E-state index in [0.717, 1.165) is 16.8 Å². The Morgan fingerprint density at radius 1 is 1.23 bits per heavy atom. The molecule has 2 aromatic rings. The third kappa shape index (κ3) is 6.48. The fourth-order valence-electron chi connectivity index (χ4n) is 2.93. The number of ketones is 1. The molecule has 0 saturated carbocycles. The van der Waals surface area contributed by atoms with Crippen LogP contribution in [-0.2, 0) is 20.8 Å². The van der Waals surface area contributed by atoms with Crippen molar-refractivity contribution < 1.29 is 19.2 Å². The van der Waals surface area contributed by atoms with Crippen LogP contribution in [-0.4, -0.2) is 52.1 Å². The van der Waals surface area contributed by atoms with Crippen molar-refractivity contribution in [2.45, 2.75) is 32.4 Å². The summed E-state index contributed by atoms with van der Waals surface area (Å²) in [4.78, 5) is 55.5. The molecule has 0 saturated heterocycles.